The minimum absolute atomic E-state index is 0.00802. The Hall–Kier alpha value is -3.17. The number of aromatic nitrogens is 2. The molecule has 3 N–H and O–H groups in total. The summed E-state index contributed by atoms with van der Waals surface area (Å²) in [5, 5.41) is 15.6. The number of anilines is 1. The molecule has 0 aliphatic carbocycles. The van der Waals surface area contributed by atoms with Crippen LogP contribution in [-0.4, -0.2) is 34.2 Å². The molecule has 1 saturated heterocycles. The predicted octanol–water partition coefficient (Wildman–Crippen LogP) is 2.89. The van der Waals surface area contributed by atoms with Gasteiger partial charge < -0.3 is 15.4 Å². The number of amides is 2. The van der Waals surface area contributed by atoms with E-state index >= 15 is 0 Å². The molecule has 1 aliphatic heterocycles. The molecule has 2 atom stereocenters. The average molecular weight is 426 g/mol. The minimum atomic E-state index is -0.553. The van der Waals surface area contributed by atoms with Crippen molar-refractivity contribution in [2.45, 2.75) is 32.6 Å². The van der Waals surface area contributed by atoms with E-state index in [1.165, 1.54) is 0 Å². The monoisotopic (exact) mass is 425 g/mol. The highest BCUT2D eigenvalue weighted by Crippen LogP contribution is 2.28. The Kier molecular flexibility index (Phi) is 5.82. The van der Waals surface area contributed by atoms with Crippen LogP contribution in [0.3, 0.4) is 0 Å². The van der Waals surface area contributed by atoms with Gasteiger partial charge in [0.2, 0.25) is 5.91 Å². The second kappa shape index (κ2) is 8.68. The molecule has 2 unspecified atom stereocenters. The Labute approximate surface area is 178 Å². The molecule has 3 aromatic rings. The summed E-state index contributed by atoms with van der Waals surface area (Å²) in [5.41, 5.74) is 1.77. The minimum Gasteiger partial charge on any atom is -0.484 e. The molecule has 2 aromatic heterocycles. The van der Waals surface area contributed by atoms with Crippen molar-refractivity contribution in [3.05, 3.63) is 53.4 Å². The molecule has 0 spiro atoms. The Bertz CT molecular complexity index is 1050. The third-order valence-corrected chi connectivity index (χ3v) is 5.50. The summed E-state index contributed by atoms with van der Waals surface area (Å²) in [4.78, 5) is 25.5. The topological polar surface area (TPSA) is 97.3 Å². The number of nitrogens with zero attached hydrogens (tertiary/aromatic N) is 2. The van der Waals surface area contributed by atoms with Crippen LogP contribution in [0.2, 0.25) is 0 Å². The third-order valence-electron chi connectivity index (χ3n) is 4.61. The van der Waals surface area contributed by atoms with Crippen molar-refractivity contribution in [1.29, 1.82) is 0 Å². The first-order valence-corrected chi connectivity index (χ1v) is 10.5. The van der Waals surface area contributed by atoms with Crippen LogP contribution >= 0.6 is 11.3 Å². The van der Waals surface area contributed by atoms with Gasteiger partial charge in [0.1, 0.15) is 17.3 Å². The molecular weight excluding hydrogens is 402 g/mol. The maximum atomic E-state index is 12.5. The van der Waals surface area contributed by atoms with E-state index in [2.05, 4.69) is 21.0 Å². The highest BCUT2D eigenvalue weighted by molar-refractivity contribution is 7.13. The van der Waals surface area contributed by atoms with Crippen LogP contribution in [0, 0.1) is 6.92 Å². The number of hydrogen-bond acceptors (Lipinski definition) is 6. The molecule has 9 heteroatoms. The van der Waals surface area contributed by atoms with Crippen molar-refractivity contribution in [2.24, 2.45) is 0 Å². The van der Waals surface area contributed by atoms with Gasteiger partial charge >= 0.3 is 0 Å². The molecule has 0 bridgehead atoms. The molecule has 8 nitrogen and oxygen atoms in total. The van der Waals surface area contributed by atoms with Gasteiger partial charge in [-0.1, -0.05) is 18.2 Å². The molecule has 2 amide bonds. The van der Waals surface area contributed by atoms with Crippen LogP contribution in [0.25, 0.3) is 10.6 Å². The molecule has 0 saturated carbocycles. The molecule has 30 heavy (non-hydrogen) atoms. The van der Waals surface area contributed by atoms with Crippen LogP contribution in [0.1, 0.15) is 25.2 Å². The van der Waals surface area contributed by atoms with Crippen molar-refractivity contribution >= 4 is 29.0 Å². The number of carbonyl (C=O) groups is 2. The number of thiophene rings is 1. The van der Waals surface area contributed by atoms with Crippen molar-refractivity contribution in [1.82, 2.24) is 20.4 Å². The fourth-order valence-electron chi connectivity index (χ4n) is 3.25. The van der Waals surface area contributed by atoms with Crippen LogP contribution in [-0.2, 0) is 9.59 Å². The second-order valence-corrected chi connectivity index (χ2v) is 8.18. The third kappa shape index (κ3) is 4.69. The number of rotatable bonds is 6. The summed E-state index contributed by atoms with van der Waals surface area (Å²) in [5.74, 6) is 0.723. The summed E-state index contributed by atoms with van der Waals surface area (Å²) in [6.45, 7) is 3.76. The van der Waals surface area contributed by atoms with E-state index < -0.39 is 6.29 Å². The van der Waals surface area contributed by atoms with E-state index in [9.17, 15) is 9.59 Å². The molecular formula is C21H23N5O3S. The Morgan fingerprint density at radius 1 is 1.33 bits per heavy atom. The van der Waals surface area contributed by atoms with Gasteiger partial charge in [-0.25, -0.2) is 4.68 Å². The normalized spacial score (nSPS) is 18.7. The summed E-state index contributed by atoms with van der Waals surface area (Å²) in [7, 11) is 0. The van der Waals surface area contributed by atoms with E-state index in [4.69, 9.17) is 4.74 Å². The maximum Gasteiger partial charge on any atom is 0.263 e. The Morgan fingerprint density at radius 3 is 2.93 bits per heavy atom. The van der Waals surface area contributed by atoms with Gasteiger partial charge in [0.25, 0.3) is 5.91 Å². The van der Waals surface area contributed by atoms with Crippen molar-refractivity contribution in [3.8, 4) is 16.3 Å². The standard InChI is InChI=1S/C21H23N5O3S/c1-13-5-3-6-15(9-13)29-12-20(28)23-18-11-16(17-7-4-8-30-17)25-26(18)21-22-14(2)10-19(27)24-21/h3-9,11,14,21-22H,10,12H2,1-2H3,(H,23,28)(H,24,27). The lowest BCUT2D eigenvalue weighted by atomic mass is 10.2. The molecule has 1 aromatic carbocycles. The van der Waals surface area contributed by atoms with Gasteiger partial charge in [0, 0.05) is 18.5 Å². The average Bonchev–Trinajstić information content (AvgIpc) is 3.35. The van der Waals surface area contributed by atoms with Gasteiger partial charge in [-0.2, -0.15) is 5.10 Å². The number of benzene rings is 1. The second-order valence-electron chi connectivity index (χ2n) is 7.23. The van der Waals surface area contributed by atoms with Gasteiger partial charge in [-0.05, 0) is 43.0 Å². The molecule has 1 aliphatic rings. The van der Waals surface area contributed by atoms with E-state index in [0.29, 0.717) is 23.7 Å². The molecule has 1 fully saturated rings. The molecule has 0 radical (unpaired) electrons. The zero-order valence-electron chi connectivity index (χ0n) is 16.7. The number of hydrogen-bond donors (Lipinski definition) is 3. The number of aryl methyl sites for hydroxylation is 1. The Morgan fingerprint density at radius 2 is 2.20 bits per heavy atom. The SMILES string of the molecule is Cc1cccc(OCC(=O)Nc2cc(-c3cccs3)nn2C2NC(=O)CC(C)N2)c1. The maximum absolute atomic E-state index is 12.5. The van der Waals surface area contributed by atoms with Crippen molar-refractivity contribution in [2.75, 3.05) is 11.9 Å². The summed E-state index contributed by atoms with van der Waals surface area (Å²) in [6.07, 6.45) is -0.162. The first-order valence-electron chi connectivity index (χ1n) is 9.66. The van der Waals surface area contributed by atoms with E-state index in [0.717, 1.165) is 10.4 Å². The largest absolute Gasteiger partial charge is 0.484 e. The lowest BCUT2D eigenvalue weighted by Gasteiger charge is -2.30. The summed E-state index contributed by atoms with van der Waals surface area (Å²) in [6, 6.07) is 13.2. The molecule has 3 heterocycles. The fourth-order valence-corrected chi connectivity index (χ4v) is 3.93. The van der Waals surface area contributed by atoms with Gasteiger partial charge in [0.15, 0.2) is 12.9 Å². The van der Waals surface area contributed by atoms with Crippen LogP contribution < -0.4 is 20.7 Å². The first-order chi connectivity index (χ1) is 14.5. The smallest absolute Gasteiger partial charge is 0.263 e. The van der Waals surface area contributed by atoms with Crippen LogP contribution in [0.15, 0.2) is 47.8 Å². The van der Waals surface area contributed by atoms with Crippen molar-refractivity contribution < 1.29 is 14.3 Å². The number of ether oxygens (including phenoxy) is 1. The highest BCUT2D eigenvalue weighted by atomic mass is 32.1. The molecule has 4 rings (SSSR count). The predicted molar refractivity (Wildman–Crippen MR) is 115 cm³/mol. The fraction of sp³-hybridized carbons (Fsp3) is 0.286. The van der Waals surface area contributed by atoms with Gasteiger partial charge in [-0.3, -0.25) is 14.9 Å². The van der Waals surface area contributed by atoms with Crippen molar-refractivity contribution in [3.63, 3.8) is 0 Å². The number of carbonyl (C=O) groups excluding carboxylic acids is 2. The van der Waals surface area contributed by atoms with E-state index in [1.54, 1.807) is 22.1 Å². The summed E-state index contributed by atoms with van der Waals surface area (Å²) < 4.78 is 7.18. The van der Waals surface area contributed by atoms with Gasteiger partial charge in [-0.15, -0.1) is 11.3 Å². The first kappa shape index (κ1) is 20.1. The van der Waals surface area contributed by atoms with E-state index in [-0.39, 0.29) is 24.5 Å². The van der Waals surface area contributed by atoms with Crippen LogP contribution in [0.5, 0.6) is 5.75 Å². The highest BCUT2D eigenvalue weighted by Gasteiger charge is 2.27. The quantitative estimate of drug-likeness (QED) is 0.564. The lowest BCUT2D eigenvalue weighted by molar-refractivity contribution is -0.125. The Balaban J connectivity index is 1.53. The van der Waals surface area contributed by atoms with Crippen LogP contribution in [0.4, 0.5) is 5.82 Å². The lowest BCUT2D eigenvalue weighted by Crippen LogP contribution is -2.52. The van der Waals surface area contributed by atoms with Gasteiger partial charge in [0.05, 0.1) is 4.88 Å². The zero-order valence-corrected chi connectivity index (χ0v) is 17.5. The number of nitrogens with one attached hydrogen (secondary N) is 3. The van der Waals surface area contributed by atoms with E-state index in [1.807, 2.05) is 55.6 Å². The molecule has 156 valence electrons. The zero-order chi connectivity index (χ0) is 21.1. The summed E-state index contributed by atoms with van der Waals surface area (Å²) >= 11 is 1.55.